The van der Waals surface area contributed by atoms with Crippen LogP contribution in [0.25, 0.3) is 0 Å². The van der Waals surface area contributed by atoms with Crippen LogP contribution in [0.5, 0.6) is 0 Å². The molecule has 2 fully saturated rings. The van der Waals surface area contributed by atoms with E-state index < -0.39 is 18.0 Å². The van der Waals surface area contributed by atoms with Crippen molar-refractivity contribution >= 4 is 11.9 Å². The van der Waals surface area contributed by atoms with E-state index in [1.165, 1.54) is 11.1 Å². The maximum atomic E-state index is 10.5. The van der Waals surface area contributed by atoms with Gasteiger partial charge in [-0.25, -0.2) is 9.78 Å². The van der Waals surface area contributed by atoms with E-state index >= 15 is 0 Å². The molecule has 2 aromatic carbocycles. The van der Waals surface area contributed by atoms with Crippen LogP contribution in [0.3, 0.4) is 0 Å². The lowest BCUT2D eigenvalue weighted by Crippen LogP contribution is -2.28. The number of carboxylic acids is 2. The molecule has 7 nitrogen and oxygen atoms in total. The number of aryl methyl sites for hydroxylation is 2. The lowest BCUT2D eigenvalue weighted by Gasteiger charge is -2.27. The fraction of sp³-hybridized carbons (Fsp3) is 0.435. The molecule has 1 saturated heterocycles. The number of unbranched alkanes of at least 4 members (excludes halogenated alkanes) is 2. The standard InChI is InChI=1S/C23H30O5.C23H30O2/c24-18(13-12-17-8-4-3-5-9-17)14-15-20-19(21-16-22(20)28-27-21)10-6-1-2-7-11-23(25)26;24-23(25)21-17-12-10-8-6-4-2-1-3-5-7-9-11-14-18-22-19-15-13-16-20-22/h1,3-6,8-9,14-15,18-22,24H,2,7,10-13,16H2,(H,25,26);2-5,8-11,13,15-16,19-20H,1,6-7,12,14,17-18,21H2,(H,24,25)/b6-1-,15-14+;4-2-,5-3-,10-8-,11-9-/t18-,19+,20+,21-,22+;/m0./s1. The molecule has 3 N–H and O–H groups in total. The molecule has 2 aromatic rings. The zero-order valence-corrected chi connectivity index (χ0v) is 31.2. The Balaban J connectivity index is 0.000000288. The topological polar surface area (TPSA) is 113 Å². The highest BCUT2D eigenvalue weighted by molar-refractivity contribution is 5.66. The van der Waals surface area contributed by atoms with E-state index in [1.807, 2.05) is 24.3 Å². The molecule has 53 heavy (non-hydrogen) atoms. The van der Waals surface area contributed by atoms with Crippen LogP contribution in [0.4, 0.5) is 0 Å². The van der Waals surface area contributed by atoms with Gasteiger partial charge < -0.3 is 15.3 Å². The van der Waals surface area contributed by atoms with E-state index in [4.69, 9.17) is 20.0 Å². The Bertz CT molecular complexity index is 1460. The first kappa shape index (κ1) is 43.1. The summed E-state index contributed by atoms with van der Waals surface area (Å²) in [4.78, 5) is 31.7. The second kappa shape index (κ2) is 27.3. The fourth-order valence-corrected chi connectivity index (χ4v) is 6.39. The Morgan fingerprint density at radius 2 is 1.13 bits per heavy atom. The largest absolute Gasteiger partial charge is 0.481 e. The van der Waals surface area contributed by atoms with E-state index in [0.717, 1.165) is 70.6 Å². The van der Waals surface area contributed by atoms with Gasteiger partial charge in [-0.2, -0.15) is 0 Å². The third-order valence-corrected chi connectivity index (χ3v) is 9.32. The van der Waals surface area contributed by atoms with Gasteiger partial charge in [0.25, 0.3) is 0 Å². The summed E-state index contributed by atoms with van der Waals surface area (Å²) in [5.74, 6) is -0.880. The van der Waals surface area contributed by atoms with Crippen LogP contribution in [-0.4, -0.2) is 45.6 Å². The van der Waals surface area contributed by atoms with E-state index in [2.05, 4.69) is 109 Å². The first-order valence-electron chi connectivity index (χ1n) is 19.4. The van der Waals surface area contributed by atoms with E-state index in [1.54, 1.807) is 0 Å². The maximum Gasteiger partial charge on any atom is 0.303 e. The van der Waals surface area contributed by atoms with E-state index in [9.17, 15) is 14.7 Å². The highest BCUT2D eigenvalue weighted by Crippen LogP contribution is 2.45. The van der Waals surface area contributed by atoms with Gasteiger partial charge in [0.2, 0.25) is 0 Å². The Morgan fingerprint density at radius 1 is 0.642 bits per heavy atom. The number of fused-ring (bicyclic) bond motifs is 2. The molecule has 0 radical (unpaired) electrons. The minimum absolute atomic E-state index is 0.0629. The molecular formula is C46H60O7. The molecule has 1 saturated carbocycles. The second-order valence-electron chi connectivity index (χ2n) is 13.6. The minimum Gasteiger partial charge on any atom is -0.481 e. The van der Waals surface area contributed by atoms with Crippen LogP contribution in [0, 0.1) is 11.8 Å². The van der Waals surface area contributed by atoms with Crippen LogP contribution in [-0.2, 0) is 32.2 Å². The predicted molar refractivity (Wildman–Crippen MR) is 213 cm³/mol. The third kappa shape index (κ3) is 19.9. The summed E-state index contributed by atoms with van der Waals surface area (Å²) in [6.07, 6.45) is 37.1. The highest BCUT2D eigenvalue weighted by atomic mass is 17.2. The summed E-state index contributed by atoms with van der Waals surface area (Å²) in [5, 5.41) is 27.5. The molecule has 0 spiro atoms. The molecule has 7 heteroatoms. The van der Waals surface area contributed by atoms with Crippen LogP contribution in [0.1, 0.15) is 94.6 Å². The molecular weight excluding hydrogens is 664 g/mol. The van der Waals surface area contributed by atoms with Crippen LogP contribution >= 0.6 is 0 Å². The number of hydrogen-bond acceptors (Lipinski definition) is 5. The van der Waals surface area contributed by atoms with Crippen molar-refractivity contribution in [3.8, 4) is 0 Å². The smallest absolute Gasteiger partial charge is 0.303 e. The van der Waals surface area contributed by atoms with Gasteiger partial charge in [0.1, 0.15) is 6.10 Å². The number of hydrogen-bond donors (Lipinski definition) is 3. The van der Waals surface area contributed by atoms with Crippen molar-refractivity contribution in [3.63, 3.8) is 0 Å². The van der Waals surface area contributed by atoms with Gasteiger partial charge in [-0.15, -0.1) is 0 Å². The minimum atomic E-state index is -0.747. The zero-order valence-electron chi connectivity index (χ0n) is 31.2. The predicted octanol–water partition coefficient (Wildman–Crippen LogP) is 10.3. The quantitative estimate of drug-likeness (QED) is 0.0561. The number of carboxylic acid groups (broad SMARTS) is 2. The Hall–Kier alpha value is -4.30. The Morgan fingerprint density at radius 3 is 1.70 bits per heavy atom. The molecule has 0 unspecified atom stereocenters. The van der Waals surface area contributed by atoms with Crippen molar-refractivity contribution in [2.75, 3.05) is 0 Å². The van der Waals surface area contributed by atoms with Crippen molar-refractivity contribution in [3.05, 3.63) is 145 Å². The molecule has 0 aromatic heterocycles. The summed E-state index contributed by atoms with van der Waals surface area (Å²) >= 11 is 0. The average molecular weight is 725 g/mol. The number of benzene rings is 2. The zero-order chi connectivity index (χ0) is 37.8. The van der Waals surface area contributed by atoms with Crippen molar-refractivity contribution in [1.29, 1.82) is 0 Å². The van der Waals surface area contributed by atoms with Gasteiger partial charge in [0.05, 0.1) is 12.2 Å². The third-order valence-electron chi connectivity index (χ3n) is 9.32. The van der Waals surface area contributed by atoms with Crippen molar-refractivity contribution in [2.45, 2.75) is 115 Å². The number of aliphatic hydroxyl groups excluding tert-OH is 1. The first-order chi connectivity index (χ1) is 25.9. The molecule has 1 heterocycles. The fourth-order valence-electron chi connectivity index (χ4n) is 6.39. The molecule has 4 rings (SSSR count). The summed E-state index contributed by atoms with van der Waals surface area (Å²) in [5.41, 5.74) is 2.63. The Kier molecular flexibility index (Phi) is 22.2. The normalized spacial score (nSPS) is 20.4. The monoisotopic (exact) mass is 724 g/mol. The highest BCUT2D eigenvalue weighted by Gasteiger charge is 2.49. The summed E-state index contributed by atoms with van der Waals surface area (Å²) in [7, 11) is 0. The lowest BCUT2D eigenvalue weighted by atomic mass is 9.89. The number of aliphatic hydroxyl groups is 1. The molecule has 1 aliphatic heterocycles. The molecule has 2 aliphatic rings. The average Bonchev–Trinajstić information content (AvgIpc) is 3.77. The lowest BCUT2D eigenvalue weighted by molar-refractivity contribution is -0.336. The van der Waals surface area contributed by atoms with Gasteiger partial charge in [-0.3, -0.25) is 9.59 Å². The second-order valence-corrected chi connectivity index (χ2v) is 13.6. The molecule has 1 aliphatic carbocycles. The number of aliphatic carboxylic acids is 2. The van der Waals surface area contributed by atoms with Gasteiger partial charge in [-0.05, 0) is 88.2 Å². The molecule has 286 valence electrons. The van der Waals surface area contributed by atoms with Crippen molar-refractivity contribution in [2.24, 2.45) is 11.8 Å². The summed E-state index contributed by atoms with van der Waals surface area (Å²) < 4.78 is 0. The van der Waals surface area contributed by atoms with Gasteiger partial charge in [-0.1, -0.05) is 134 Å². The van der Waals surface area contributed by atoms with Crippen molar-refractivity contribution in [1.82, 2.24) is 0 Å². The maximum absolute atomic E-state index is 10.5. The molecule has 0 amide bonds. The summed E-state index contributed by atoms with van der Waals surface area (Å²) in [6, 6.07) is 20.8. The summed E-state index contributed by atoms with van der Waals surface area (Å²) in [6.45, 7) is 0. The number of allylic oxidation sites excluding steroid dienone is 10. The number of carbonyl (C=O) groups is 2. The van der Waals surface area contributed by atoms with Gasteiger partial charge in [0.15, 0.2) is 0 Å². The van der Waals surface area contributed by atoms with Crippen molar-refractivity contribution < 1.29 is 34.7 Å². The van der Waals surface area contributed by atoms with Gasteiger partial charge >= 0.3 is 11.9 Å². The molecule has 2 bridgehead atoms. The van der Waals surface area contributed by atoms with E-state index in [0.29, 0.717) is 18.8 Å². The molecule has 5 atom stereocenters. The van der Waals surface area contributed by atoms with Crippen LogP contribution < -0.4 is 0 Å². The number of rotatable bonds is 24. The van der Waals surface area contributed by atoms with E-state index in [-0.39, 0.29) is 31.0 Å². The first-order valence-corrected chi connectivity index (χ1v) is 19.4. The Labute approximate surface area is 317 Å². The van der Waals surface area contributed by atoms with Crippen LogP contribution in [0.2, 0.25) is 0 Å². The SMILES string of the molecule is O=C(O)CCC/C=C\C/C=C\C/C=C\C/C=C\CCc1ccccc1.O=C(O)CCC/C=C\C[C@@H]1[C@@H](/C=C/[C@@H](O)CCc2ccccc2)[C@H]2C[C@@H]1OO2. The van der Waals surface area contributed by atoms with Crippen LogP contribution in [0.15, 0.2) is 134 Å². The van der Waals surface area contributed by atoms with Gasteiger partial charge in [0, 0.05) is 31.1 Å².